The van der Waals surface area contributed by atoms with Crippen LogP contribution >= 0.6 is 11.3 Å². The summed E-state index contributed by atoms with van der Waals surface area (Å²) in [6.07, 6.45) is 6.48. The van der Waals surface area contributed by atoms with Crippen LogP contribution in [0.1, 0.15) is 0 Å². The smallest absolute Gasteiger partial charge is 0.222 e. The van der Waals surface area contributed by atoms with E-state index in [1.54, 1.807) is 30.3 Å². The van der Waals surface area contributed by atoms with Gasteiger partial charge < -0.3 is 11.5 Å². The number of nitrogens with zero attached hydrogens (tertiary/aromatic N) is 5. The Morgan fingerprint density at radius 1 is 1.00 bits per heavy atom. The summed E-state index contributed by atoms with van der Waals surface area (Å²) in [4.78, 5) is 21.4. The second kappa shape index (κ2) is 4.58. The number of hydrogen-bond acceptors (Lipinski definition) is 8. The third-order valence-corrected chi connectivity index (χ3v) is 3.22. The Morgan fingerprint density at radius 2 is 1.89 bits per heavy atom. The van der Waals surface area contributed by atoms with Crippen molar-refractivity contribution in [3.63, 3.8) is 0 Å². The maximum Gasteiger partial charge on any atom is 0.222 e. The summed E-state index contributed by atoms with van der Waals surface area (Å²) in [6, 6.07) is 0. The van der Waals surface area contributed by atoms with Gasteiger partial charge in [0.25, 0.3) is 0 Å². The molecule has 94 valence electrons. The number of hydrogen-bond donors (Lipinski definition) is 2. The average molecular weight is 271 g/mol. The zero-order chi connectivity index (χ0) is 13.2. The van der Waals surface area contributed by atoms with Gasteiger partial charge >= 0.3 is 0 Å². The molecule has 0 unspecified atom stereocenters. The van der Waals surface area contributed by atoms with Crippen molar-refractivity contribution < 1.29 is 0 Å². The number of nitrogens with two attached hydrogens (primary N) is 2. The lowest BCUT2D eigenvalue weighted by Crippen LogP contribution is -2.04. The van der Waals surface area contributed by atoms with Crippen molar-refractivity contribution in [1.29, 1.82) is 0 Å². The summed E-state index contributed by atoms with van der Waals surface area (Å²) in [5.41, 5.74) is 15.2. The van der Waals surface area contributed by atoms with E-state index in [1.807, 2.05) is 0 Å². The van der Waals surface area contributed by atoms with Gasteiger partial charge in [0.1, 0.15) is 5.82 Å². The van der Waals surface area contributed by atoms with E-state index in [-0.39, 0.29) is 11.8 Å². The van der Waals surface area contributed by atoms with Crippen molar-refractivity contribution in [2.24, 2.45) is 0 Å². The molecule has 0 aromatic carbocycles. The van der Waals surface area contributed by atoms with E-state index >= 15 is 0 Å². The fraction of sp³-hybridized carbons (Fsp3) is 0. The van der Waals surface area contributed by atoms with E-state index in [0.717, 1.165) is 4.88 Å². The summed E-state index contributed by atoms with van der Waals surface area (Å²) >= 11 is 1.44. The molecule has 8 heteroatoms. The summed E-state index contributed by atoms with van der Waals surface area (Å²) in [5, 5.41) is 0. The van der Waals surface area contributed by atoms with Crippen molar-refractivity contribution >= 4 is 23.1 Å². The molecule has 19 heavy (non-hydrogen) atoms. The molecule has 0 saturated heterocycles. The van der Waals surface area contributed by atoms with Crippen LogP contribution in [0.3, 0.4) is 0 Å². The highest BCUT2D eigenvalue weighted by molar-refractivity contribution is 7.13. The van der Waals surface area contributed by atoms with Gasteiger partial charge in [0, 0.05) is 18.6 Å². The molecule has 3 rings (SSSR count). The second-order valence-corrected chi connectivity index (χ2v) is 4.53. The first kappa shape index (κ1) is 11.5. The van der Waals surface area contributed by atoms with Gasteiger partial charge in [-0.05, 0) is 0 Å². The molecule has 0 amide bonds. The number of aromatic nitrogens is 5. The lowest BCUT2D eigenvalue weighted by Gasteiger charge is -2.09. The molecule has 0 spiro atoms. The number of thiazole rings is 1. The van der Waals surface area contributed by atoms with Gasteiger partial charge in [-0.3, -0.25) is 15.0 Å². The first-order valence-corrected chi connectivity index (χ1v) is 6.22. The third kappa shape index (κ3) is 2.08. The van der Waals surface area contributed by atoms with E-state index in [9.17, 15) is 0 Å². The first-order chi connectivity index (χ1) is 9.25. The molecule has 0 atom stereocenters. The zero-order valence-electron chi connectivity index (χ0n) is 9.69. The Hall–Kier alpha value is -2.61. The van der Waals surface area contributed by atoms with Crippen LogP contribution in [0.5, 0.6) is 0 Å². The maximum absolute atomic E-state index is 5.95. The minimum atomic E-state index is 0.119. The molecule has 3 heterocycles. The molecule has 7 nitrogen and oxygen atoms in total. The van der Waals surface area contributed by atoms with Crippen LogP contribution in [0, 0.1) is 0 Å². The predicted octanol–water partition coefficient (Wildman–Crippen LogP) is 1.22. The molecule has 0 aliphatic carbocycles. The molecular weight excluding hydrogens is 262 g/mol. The Bertz CT molecular complexity index is 697. The predicted molar refractivity (Wildman–Crippen MR) is 73.0 cm³/mol. The van der Waals surface area contributed by atoms with Gasteiger partial charge in [-0.25, -0.2) is 4.98 Å². The second-order valence-electron chi connectivity index (χ2n) is 3.65. The minimum absolute atomic E-state index is 0.119. The number of rotatable bonds is 2. The lowest BCUT2D eigenvalue weighted by molar-refractivity contribution is 1.16. The fourth-order valence-corrected chi connectivity index (χ4v) is 2.30. The van der Waals surface area contributed by atoms with Crippen LogP contribution in [0.15, 0.2) is 30.3 Å². The van der Waals surface area contributed by atoms with Gasteiger partial charge in [0.2, 0.25) is 5.95 Å². The van der Waals surface area contributed by atoms with Crippen LogP contribution < -0.4 is 11.5 Å². The van der Waals surface area contributed by atoms with E-state index in [4.69, 9.17) is 11.5 Å². The Morgan fingerprint density at radius 3 is 2.58 bits per heavy atom. The quantitative estimate of drug-likeness (QED) is 0.719. The molecular formula is C11H9N7S. The molecule has 0 fully saturated rings. The number of nitrogen functional groups attached to an aromatic ring is 2. The average Bonchev–Trinajstić information content (AvgIpc) is 2.92. The van der Waals surface area contributed by atoms with E-state index in [2.05, 4.69) is 24.9 Å². The molecule has 0 saturated carbocycles. The first-order valence-electron chi connectivity index (χ1n) is 5.34. The largest absolute Gasteiger partial charge is 0.383 e. The normalized spacial score (nSPS) is 10.5. The van der Waals surface area contributed by atoms with Crippen LogP contribution in [-0.4, -0.2) is 24.9 Å². The fourth-order valence-electron chi connectivity index (χ4n) is 1.69. The van der Waals surface area contributed by atoms with E-state index in [0.29, 0.717) is 17.0 Å². The SMILES string of the molecule is Nc1nc(N)c(-c2cnccn2)c(-c2cncs2)n1. The summed E-state index contributed by atoms with van der Waals surface area (Å²) in [7, 11) is 0. The molecule has 0 bridgehead atoms. The third-order valence-electron chi connectivity index (χ3n) is 2.44. The molecule has 3 aromatic heterocycles. The highest BCUT2D eigenvalue weighted by Gasteiger charge is 2.17. The highest BCUT2D eigenvalue weighted by atomic mass is 32.1. The monoisotopic (exact) mass is 271 g/mol. The van der Waals surface area contributed by atoms with Gasteiger partial charge in [0.15, 0.2) is 0 Å². The Kier molecular flexibility index (Phi) is 2.76. The van der Waals surface area contributed by atoms with Crippen molar-refractivity contribution in [3.05, 3.63) is 30.3 Å². The van der Waals surface area contributed by atoms with E-state index in [1.165, 1.54) is 11.3 Å². The van der Waals surface area contributed by atoms with Crippen LogP contribution in [0.25, 0.3) is 21.8 Å². The summed E-state index contributed by atoms with van der Waals surface area (Å²) in [6.45, 7) is 0. The Labute approximate surface area is 112 Å². The van der Waals surface area contributed by atoms with Crippen molar-refractivity contribution in [3.8, 4) is 21.8 Å². The molecule has 0 radical (unpaired) electrons. The van der Waals surface area contributed by atoms with Gasteiger partial charge in [-0.1, -0.05) is 0 Å². The van der Waals surface area contributed by atoms with Crippen LogP contribution in [0.4, 0.5) is 11.8 Å². The Balaban J connectivity index is 2.29. The standard InChI is InChI=1S/C11H9N7S/c12-10-8(6-3-14-1-2-16-6)9(17-11(13)18-10)7-4-15-5-19-7/h1-5H,(H4,12,13,17,18). The molecule has 3 aromatic rings. The minimum Gasteiger partial charge on any atom is -0.383 e. The van der Waals surface area contributed by atoms with Crippen molar-refractivity contribution in [2.75, 3.05) is 11.5 Å². The topological polar surface area (TPSA) is 116 Å². The zero-order valence-corrected chi connectivity index (χ0v) is 10.5. The van der Waals surface area contributed by atoms with E-state index < -0.39 is 0 Å². The number of anilines is 2. The maximum atomic E-state index is 5.95. The van der Waals surface area contributed by atoms with Crippen LogP contribution in [0.2, 0.25) is 0 Å². The molecule has 4 N–H and O–H groups in total. The van der Waals surface area contributed by atoms with Crippen molar-refractivity contribution in [2.45, 2.75) is 0 Å². The summed E-state index contributed by atoms with van der Waals surface area (Å²) in [5.74, 6) is 0.393. The van der Waals surface area contributed by atoms with Crippen LogP contribution in [-0.2, 0) is 0 Å². The van der Waals surface area contributed by atoms with Gasteiger partial charge in [-0.15, -0.1) is 11.3 Å². The van der Waals surface area contributed by atoms with Gasteiger partial charge in [-0.2, -0.15) is 4.98 Å². The summed E-state index contributed by atoms with van der Waals surface area (Å²) < 4.78 is 0. The lowest BCUT2D eigenvalue weighted by atomic mass is 10.1. The molecule has 0 aliphatic rings. The molecule has 0 aliphatic heterocycles. The van der Waals surface area contributed by atoms with Gasteiger partial charge in [0.05, 0.1) is 33.5 Å². The highest BCUT2D eigenvalue weighted by Crippen LogP contribution is 2.34. The van der Waals surface area contributed by atoms with Crippen molar-refractivity contribution in [1.82, 2.24) is 24.9 Å².